The van der Waals surface area contributed by atoms with Gasteiger partial charge in [-0.3, -0.25) is 4.79 Å². The lowest BCUT2D eigenvalue weighted by Crippen LogP contribution is -2.12. The summed E-state index contributed by atoms with van der Waals surface area (Å²) in [6.45, 7) is 1.93. The summed E-state index contributed by atoms with van der Waals surface area (Å²) in [5.41, 5.74) is 2.37. The Balaban J connectivity index is 2.24. The maximum atomic E-state index is 12.1. The molecule has 2 aromatic rings. The molecule has 0 fully saturated rings. The van der Waals surface area contributed by atoms with Gasteiger partial charge in [0.15, 0.2) is 0 Å². The third kappa shape index (κ3) is 3.23. The fourth-order valence-corrected chi connectivity index (χ4v) is 2.27. The van der Waals surface area contributed by atoms with E-state index in [1.165, 1.54) is 0 Å². The fourth-order valence-electron chi connectivity index (χ4n) is 1.55. The first-order valence-corrected chi connectivity index (χ1v) is 6.85. The largest absolute Gasteiger partial charge is 0.322 e. The molecular weight excluding hydrogens is 361 g/mol. The summed E-state index contributed by atoms with van der Waals surface area (Å²) in [7, 11) is 0. The molecule has 0 spiro atoms. The van der Waals surface area contributed by atoms with E-state index in [4.69, 9.17) is 11.6 Å². The molecule has 92 valence electrons. The van der Waals surface area contributed by atoms with Crippen molar-refractivity contribution in [3.63, 3.8) is 0 Å². The number of halogens is 2. The lowest BCUT2D eigenvalue weighted by atomic mass is 10.1. The van der Waals surface area contributed by atoms with Crippen molar-refractivity contribution in [1.29, 1.82) is 0 Å². The van der Waals surface area contributed by atoms with E-state index >= 15 is 0 Å². The number of carbonyl (C=O) groups is 1. The number of amides is 1. The molecule has 0 aliphatic carbocycles. The van der Waals surface area contributed by atoms with Gasteiger partial charge >= 0.3 is 0 Å². The summed E-state index contributed by atoms with van der Waals surface area (Å²) in [5, 5.41) is 3.48. The van der Waals surface area contributed by atoms with E-state index in [1.807, 2.05) is 31.2 Å². The van der Waals surface area contributed by atoms with Crippen LogP contribution in [0, 0.1) is 10.5 Å². The maximum Gasteiger partial charge on any atom is 0.255 e. The number of anilines is 1. The number of benzene rings is 2. The lowest BCUT2D eigenvalue weighted by Gasteiger charge is -2.09. The van der Waals surface area contributed by atoms with E-state index in [2.05, 4.69) is 27.9 Å². The van der Waals surface area contributed by atoms with Gasteiger partial charge in [0, 0.05) is 19.8 Å². The lowest BCUT2D eigenvalue weighted by molar-refractivity contribution is 0.102. The first-order chi connectivity index (χ1) is 8.56. The summed E-state index contributed by atoms with van der Waals surface area (Å²) in [5.74, 6) is -0.126. The quantitative estimate of drug-likeness (QED) is 0.774. The average Bonchev–Trinajstić information content (AvgIpc) is 2.34. The van der Waals surface area contributed by atoms with Gasteiger partial charge in [-0.15, -0.1) is 0 Å². The van der Waals surface area contributed by atoms with Crippen LogP contribution in [0.2, 0.25) is 5.02 Å². The van der Waals surface area contributed by atoms with E-state index in [1.54, 1.807) is 18.2 Å². The Morgan fingerprint density at radius 2 is 2.00 bits per heavy atom. The highest BCUT2D eigenvalue weighted by Crippen LogP contribution is 2.21. The number of hydrogen-bond acceptors (Lipinski definition) is 1. The van der Waals surface area contributed by atoms with Crippen LogP contribution in [-0.4, -0.2) is 5.91 Å². The Kier molecular flexibility index (Phi) is 4.24. The molecule has 0 saturated heterocycles. The predicted molar refractivity (Wildman–Crippen MR) is 83.3 cm³/mol. The second-order valence-corrected chi connectivity index (χ2v) is 5.61. The summed E-state index contributed by atoms with van der Waals surface area (Å²) in [6, 6.07) is 12.9. The van der Waals surface area contributed by atoms with Crippen molar-refractivity contribution in [1.82, 2.24) is 0 Å². The molecule has 0 saturated carbocycles. The van der Waals surface area contributed by atoms with Crippen LogP contribution in [0.25, 0.3) is 0 Å². The van der Waals surface area contributed by atoms with Crippen LogP contribution in [-0.2, 0) is 0 Å². The molecule has 0 aliphatic heterocycles. The zero-order valence-corrected chi connectivity index (χ0v) is 12.6. The molecule has 0 aliphatic rings. The molecule has 18 heavy (non-hydrogen) atoms. The Bertz CT molecular complexity index is 598. The molecule has 4 heteroatoms. The average molecular weight is 372 g/mol. The zero-order chi connectivity index (χ0) is 13.1. The third-order valence-electron chi connectivity index (χ3n) is 2.53. The van der Waals surface area contributed by atoms with Crippen molar-refractivity contribution >= 4 is 45.8 Å². The van der Waals surface area contributed by atoms with Gasteiger partial charge in [0.1, 0.15) is 0 Å². The minimum absolute atomic E-state index is 0.126. The molecule has 0 aromatic heterocycles. The Hall–Kier alpha value is -1.07. The van der Waals surface area contributed by atoms with Crippen LogP contribution in [0.1, 0.15) is 15.9 Å². The smallest absolute Gasteiger partial charge is 0.255 e. The molecule has 1 N–H and O–H groups in total. The van der Waals surface area contributed by atoms with E-state index in [-0.39, 0.29) is 5.91 Å². The normalized spacial score (nSPS) is 10.2. The number of nitrogens with one attached hydrogen (secondary N) is 1. The number of aryl methyl sites for hydroxylation is 1. The Morgan fingerprint density at radius 3 is 2.72 bits per heavy atom. The fraction of sp³-hybridized carbons (Fsp3) is 0.0714. The minimum Gasteiger partial charge on any atom is -0.322 e. The monoisotopic (exact) mass is 371 g/mol. The molecule has 2 aromatic carbocycles. The first kappa shape index (κ1) is 13.4. The van der Waals surface area contributed by atoms with Crippen molar-refractivity contribution in [3.05, 3.63) is 62.2 Å². The van der Waals surface area contributed by atoms with Crippen LogP contribution in [0.15, 0.2) is 42.5 Å². The van der Waals surface area contributed by atoms with Gasteiger partial charge in [0.25, 0.3) is 5.91 Å². The van der Waals surface area contributed by atoms with Crippen molar-refractivity contribution < 1.29 is 4.79 Å². The number of hydrogen-bond donors (Lipinski definition) is 1. The van der Waals surface area contributed by atoms with Crippen molar-refractivity contribution in [2.45, 2.75) is 6.92 Å². The second-order valence-electron chi connectivity index (χ2n) is 3.92. The van der Waals surface area contributed by atoms with Crippen LogP contribution >= 0.6 is 34.2 Å². The molecule has 1 amide bonds. The molecule has 0 radical (unpaired) electrons. The van der Waals surface area contributed by atoms with Gasteiger partial charge in [-0.1, -0.05) is 23.7 Å². The topological polar surface area (TPSA) is 29.1 Å². The van der Waals surface area contributed by atoms with Gasteiger partial charge in [-0.25, -0.2) is 0 Å². The molecule has 2 nitrogen and oxygen atoms in total. The summed E-state index contributed by atoms with van der Waals surface area (Å²) >= 11 is 8.10. The Morgan fingerprint density at radius 1 is 1.22 bits per heavy atom. The van der Waals surface area contributed by atoms with Crippen molar-refractivity contribution in [3.8, 4) is 0 Å². The van der Waals surface area contributed by atoms with Crippen molar-refractivity contribution in [2.24, 2.45) is 0 Å². The molecule has 2 rings (SSSR count). The van der Waals surface area contributed by atoms with Crippen LogP contribution < -0.4 is 5.32 Å². The summed E-state index contributed by atoms with van der Waals surface area (Å²) < 4.78 is 1.03. The van der Waals surface area contributed by atoms with E-state index < -0.39 is 0 Å². The predicted octanol–water partition coefficient (Wildman–Crippen LogP) is 4.51. The molecule has 0 heterocycles. The van der Waals surface area contributed by atoms with E-state index in [9.17, 15) is 4.79 Å². The maximum absolute atomic E-state index is 12.1. The van der Waals surface area contributed by atoms with Gasteiger partial charge in [-0.05, 0) is 65.4 Å². The van der Waals surface area contributed by atoms with Crippen LogP contribution in [0.4, 0.5) is 5.69 Å². The first-order valence-electron chi connectivity index (χ1n) is 5.39. The summed E-state index contributed by atoms with van der Waals surface area (Å²) in [6.07, 6.45) is 0. The second kappa shape index (κ2) is 5.71. The minimum atomic E-state index is -0.126. The van der Waals surface area contributed by atoms with Crippen LogP contribution in [0.3, 0.4) is 0 Å². The number of carbonyl (C=O) groups excluding carboxylic acids is 1. The standard InChI is InChI=1S/C14H11ClINO/c1-9-5-6-11(15)8-13(9)17-14(18)10-3-2-4-12(16)7-10/h2-8H,1H3,(H,17,18). The molecule has 0 atom stereocenters. The third-order valence-corrected chi connectivity index (χ3v) is 3.44. The highest BCUT2D eigenvalue weighted by atomic mass is 127. The van der Waals surface area contributed by atoms with E-state index in [0.717, 1.165) is 14.8 Å². The van der Waals surface area contributed by atoms with Gasteiger partial charge in [0.05, 0.1) is 0 Å². The molecule has 0 bridgehead atoms. The highest BCUT2D eigenvalue weighted by molar-refractivity contribution is 14.1. The zero-order valence-electron chi connectivity index (χ0n) is 9.71. The molecular formula is C14H11ClINO. The summed E-state index contributed by atoms with van der Waals surface area (Å²) in [4.78, 5) is 12.1. The van der Waals surface area contributed by atoms with Gasteiger partial charge in [-0.2, -0.15) is 0 Å². The van der Waals surface area contributed by atoms with E-state index in [0.29, 0.717) is 10.6 Å². The van der Waals surface area contributed by atoms with Crippen LogP contribution in [0.5, 0.6) is 0 Å². The van der Waals surface area contributed by atoms with Crippen molar-refractivity contribution in [2.75, 3.05) is 5.32 Å². The SMILES string of the molecule is Cc1ccc(Cl)cc1NC(=O)c1cccc(I)c1. The number of rotatable bonds is 2. The Labute approximate surface area is 124 Å². The molecule has 0 unspecified atom stereocenters. The van der Waals surface area contributed by atoms with Gasteiger partial charge in [0.2, 0.25) is 0 Å². The highest BCUT2D eigenvalue weighted by Gasteiger charge is 2.08. The van der Waals surface area contributed by atoms with Gasteiger partial charge < -0.3 is 5.32 Å².